The molecule has 0 aliphatic heterocycles. The van der Waals surface area contributed by atoms with Gasteiger partial charge in [0, 0.05) is 30.3 Å². The lowest BCUT2D eigenvalue weighted by molar-refractivity contribution is -0.317. The molecule has 0 heterocycles. The molecule has 0 N–H and O–H groups in total. The van der Waals surface area contributed by atoms with Gasteiger partial charge in [-0.1, -0.05) is 13.0 Å². The van der Waals surface area contributed by atoms with Crippen LogP contribution in [-0.4, -0.2) is 33.4 Å². The average molecular weight is 262 g/mol. The predicted molar refractivity (Wildman–Crippen MR) is 61.9 cm³/mol. The van der Waals surface area contributed by atoms with Gasteiger partial charge in [0.25, 0.3) is 0 Å². The molecule has 0 amide bonds. The fourth-order valence-electron chi connectivity index (χ4n) is 1.27. The first kappa shape index (κ1) is 15.6. The molecule has 0 aliphatic rings. The highest BCUT2D eigenvalue weighted by Crippen LogP contribution is 2.22. The maximum Gasteiger partial charge on any atom is 0.420 e. The SMILES string of the molecule is CC[SiH2]CC(OC(C)=O)(OC(C)=O)OC(C)=O. The van der Waals surface area contributed by atoms with Crippen LogP contribution in [0, 0.1) is 0 Å². The van der Waals surface area contributed by atoms with Crippen LogP contribution in [0.15, 0.2) is 0 Å². The highest BCUT2D eigenvalue weighted by Gasteiger charge is 2.40. The van der Waals surface area contributed by atoms with E-state index < -0.39 is 33.4 Å². The van der Waals surface area contributed by atoms with E-state index in [1.54, 1.807) is 0 Å². The summed E-state index contributed by atoms with van der Waals surface area (Å²) in [6.07, 6.45) is 0. The van der Waals surface area contributed by atoms with Crippen molar-refractivity contribution in [3.63, 3.8) is 0 Å². The number of esters is 3. The third kappa shape index (κ3) is 6.72. The minimum atomic E-state index is -1.87. The summed E-state index contributed by atoms with van der Waals surface area (Å²) in [7, 11) is -0.643. The summed E-state index contributed by atoms with van der Waals surface area (Å²) in [5.41, 5.74) is 0. The number of hydrogen-bond donors (Lipinski definition) is 0. The third-order valence-corrected chi connectivity index (χ3v) is 3.41. The van der Waals surface area contributed by atoms with Crippen LogP contribution in [0.5, 0.6) is 0 Å². The van der Waals surface area contributed by atoms with E-state index in [0.717, 1.165) is 26.8 Å². The van der Waals surface area contributed by atoms with Gasteiger partial charge in [0.1, 0.15) is 0 Å². The normalized spacial score (nSPS) is 11.3. The van der Waals surface area contributed by atoms with Crippen molar-refractivity contribution in [2.45, 2.75) is 45.8 Å². The molecule has 0 atom stereocenters. The van der Waals surface area contributed by atoms with Crippen LogP contribution in [0.4, 0.5) is 0 Å². The lowest BCUT2D eigenvalue weighted by Crippen LogP contribution is -2.44. The monoisotopic (exact) mass is 262 g/mol. The lowest BCUT2D eigenvalue weighted by Gasteiger charge is -2.30. The fraction of sp³-hybridized carbons (Fsp3) is 0.700. The molecule has 0 saturated heterocycles. The van der Waals surface area contributed by atoms with E-state index in [2.05, 4.69) is 0 Å². The molecule has 0 aromatic heterocycles. The van der Waals surface area contributed by atoms with Crippen molar-refractivity contribution in [3.8, 4) is 0 Å². The first-order valence-electron chi connectivity index (χ1n) is 5.40. The van der Waals surface area contributed by atoms with Crippen molar-refractivity contribution in [3.05, 3.63) is 0 Å². The Morgan fingerprint density at radius 3 is 1.53 bits per heavy atom. The molecule has 0 aromatic carbocycles. The van der Waals surface area contributed by atoms with E-state index in [1.165, 1.54) is 0 Å². The minimum absolute atomic E-state index is 0.252. The van der Waals surface area contributed by atoms with Gasteiger partial charge in [-0.15, -0.1) is 0 Å². The summed E-state index contributed by atoms with van der Waals surface area (Å²) in [6.45, 7) is 5.45. The molecule has 0 aromatic rings. The Hall–Kier alpha value is -1.37. The fourth-order valence-corrected chi connectivity index (χ4v) is 2.36. The lowest BCUT2D eigenvalue weighted by atomic mass is 10.5. The molecule has 0 radical (unpaired) electrons. The average Bonchev–Trinajstić information content (AvgIpc) is 2.11. The van der Waals surface area contributed by atoms with Gasteiger partial charge in [0.05, 0.1) is 6.04 Å². The van der Waals surface area contributed by atoms with Gasteiger partial charge in [0.2, 0.25) is 0 Å². The Morgan fingerprint density at radius 2 is 1.29 bits per heavy atom. The number of carbonyl (C=O) groups is 3. The zero-order chi connectivity index (χ0) is 13.5. The van der Waals surface area contributed by atoms with E-state index in [1.807, 2.05) is 6.92 Å². The highest BCUT2D eigenvalue weighted by atomic mass is 28.2. The van der Waals surface area contributed by atoms with Gasteiger partial charge in [-0.3, -0.25) is 14.4 Å². The summed E-state index contributed by atoms with van der Waals surface area (Å²) < 4.78 is 14.6. The van der Waals surface area contributed by atoms with Crippen molar-refractivity contribution in [2.75, 3.05) is 0 Å². The standard InChI is InChI=1S/C10H18O6Si/c1-5-17-6-10(14-7(2)11,15-8(3)12)16-9(4)13/h5-6,17H2,1-4H3. The number of rotatable bonds is 6. The van der Waals surface area contributed by atoms with Gasteiger partial charge in [-0.2, -0.15) is 0 Å². The summed E-state index contributed by atoms with van der Waals surface area (Å²) in [5.74, 6) is -3.88. The Labute approximate surface area is 102 Å². The van der Waals surface area contributed by atoms with Crippen molar-refractivity contribution < 1.29 is 28.6 Å². The molecule has 17 heavy (non-hydrogen) atoms. The second-order valence-corrected chi connectivity index (χ2v) is 5.77. The summed E-state index contributed by atoms with van der Waals surface area (Å²) >= 11 is 0. The number of ether oxygens (including phenoxy) is 3. The Kier molecular flexibility index (Phi) is 6.48. The molecule has 0 fully saturated rings. The second-order valence-electron chi connectivity index (χ2n) is 3.57. The number of hydrogen-bond acceptors (Lipinski definition) is 6. The van der Waals surface area contributed by atoms with Crippen molar-refractivity contribution >= 4 is 27.4 Å². The molecule has 98 valence electrons. The van der Waals surface area contributed by atoms with Gasteiger partial charge in [-0.05, 0) is 0 Å². The zero-order valence-electron chi connectivity index (χ0n) is 10.6. The van der Waals surface area contributed by atoms with Crippen LogP contribution in [0.25, 0.3) is 0 Å². The molecule has 0 aliphatic carbocycles. The maximum atomic E-state index is 11.0. The number of carbonyl (C=O) groups excluding carboxylic acids is 3. The van der Waals surface area contributed by atoms with E-state index >= 15 is 0 Å². The van der Waals surface area contributed by atoms with Gasteiger partial charge >= 0.3 is 23.9 Å². The minimum Gasteiger partial charge on any atom is -0.388 e. The van der Waals surface area contributed by atoms with Crippen LogP contribution in [0.1, 0.15) is 27.7 Å². The summed E-state index contributed by atoms with van der Waals surface area (Å²) in [5, 5.41) is 0. The Bertz CT molecular complexity index is 260. The van der Waals surface area contributed by atoms with E-state index in [9.17, 15) is 14.4 Å². The first-order valence-corrected chi connectivity index (χ1v) is 7.40. The van der Waals surface area contributed by atoms with Crippen molar-refractivity contribution in [1.82, 2.24) is 0 Å². The van der Waals surface area contributed by atoms with Crippen LogP contribution in [-0.2, 0) is 28.6 Å². The van der Waals surface area contributed by atoms with Gasteiger partial charge in [-0.25, -0.2) is 0 Å². The highest BCUT2D eigenvalue weighted by molar-refractivity contribution is 6.35. The molecule has 0 saturated carbocycles. The van der Waals surface area contributed by atoms with Crippen LogP contribution < -0.4 is 0 Å². The third-order valence-electron chi connectivity index (χ3n) is 1.73. The first-order chi connectivity index (χ1) is 7.81. The largest absolute Gasteiger partial charge is 0.420 e. The maximum absolute atomic E-state index is 11.0. The van der Waals surface area contributed by atoms with Crippen LogP contribution in [0.2, 0.25) is 12.1 Å². The quantitative estimate of drug-likeness (QED) is 0.390. The smallest absolute Gasteiger partial charge is 0.388 e. The molecule has 6 nitrogen and oxygen atoms in total. The molecule has 0 bridgehead atoms. The Morgan fingerprint density at radius 1 is 0.941 bits per heavy atom. The topological polar surface area (TPSA) is 78.9 Å². The van der Waals surface area contributed by atoms with Crippen LogP contribution >= 0.6 is 0 Å². The van der Waals surface area contributed by atoms with E-state index in [4.69, 9.17) is 14.2 Å². The molecule has 0 spiro atoms. The molecule has 7 heteroatoms. The van der Waals surface area contributed by atoms with Crippen molar-refractivity contribution in [1.29, 1.82) is 0 Å². The predicted octanol–water partition coefficient (Wildman–Crippen LogP) is 0.355. The van der Waals surface area contributed by atoms with Gasteiger partial charge < -0.3 is 14.2 Å². The van der Waals surface area contributed by atoms with E-state index in [-0.39, 0.29) is 6.04 Å². The summed E-state index contributed by atoms with van der Waals surface area (Å²) in [4.78, 5) is 33.0. The van der Waals surface area contributed by atoms with Gasteiger partial charge in [0.15, 0.2) is 0 Å². The van der Waals surface area contributed by atoms with E-state index in [0.29, 0.717) is 0 Å². The molecular formula is C10H18O6Si. The molecule has 0 unspecified atom stereocenters. The summed E-state index contributed by atoms with van der Waals surface area (Å²) in [6, 6.07) is 1.16. The Balaban J connectivity index is 4.95. The van der Waals surface area contributed by atoms with Crippen molar-refractivity contribution in [2.24, 2.45) is 0 Å². The second kappa shape index (κ2) is 7.05. The molecular weight excluding hydrogens is 244 g/mol. The van der Waals surface area contributed by atoms with Crippen LogP contribution in [0.3, 0.4) is 0 Å². The molecule has 0 rings (SSSR count). The zero-order valence-corrected chi connectivity index (χ0v) is 12.0.